The molecule has 2 heterocycles. The molecule has 0 spiro atoms. The van der Waals surface area contributed by atoms with Gasteiger partial charge in [-0.2, -0.15) is 0 Å². The molecule has 4 aromatic rings. The first kappa shape index (κ1) is 29.9. The molecule has 0 saturated carbocycles. The maximum atomic E-state index is 12.0. The van der Waals surface area contributed by atoms with Gasteiger partial charge in [0.25, 0.3) is 0 Å². The summed E-state index contributed by atoms with van der Waals surface area (Å²) in [7, 11) is 3.19. The van der Waals surface area contributed by atoms with Crippen molar-refractivity contribution in [2.24, 2.45) is 0 Å². The number of H-pyrrole nitrogens is 1. The number of rotatable bonds is 10. The molecule has 40 heavy (non-hydrogen) atoms. The topological polar surface area (TPSA) is 152 Å². The zero-order valence-corrected chi connectivity index (χ0v) is 23.2. The third-order valence-corrected chi connectivity index (χ3v) is 5.71. The van der Waals surface area contributed by atoms with E-state index >= 15 is 0 Å². The zero-order chi connectivity index (χ0) is 29.1. The van der Waals surface area contributed by atoms with Gasteiger partial charge in [-0.15, -0.1) is 10.2 Å². The summed E-state index contributed by atoms with van der Waals surface area (Å²) in [4.78, 5) is 35.0. The van der Waals surface area contributed by atoms with Crippen LogP contribution in [-0.2, 0) is 22.6 Å². The van der Waals surface area contributed by atoms with E-state index in [1.807, 2.05) is 36.4 Å². The molecule has 2 aromatic heterocycles. The van der Waals surface area contributed by atoms with Crippen molar-refractivity contribution in [2.75, 3.05) is 27.4 Å². The molecule has 4 rings (SSSR count). The van der Waals surface area contributed by atoms with E-state index in [0.717, 1.165) is 22.6 Å². The normalized spacial score (nSPS) is 10.3. The number of aromatic nitrogens is 6. The van der Waals surface area contributed by atoms with E-state index in [9.17, 15) is 14.4 Å². The Bertz CT molecular complexity index is 1460. The summed E-state index contributed by atoms with van der Waals surface area (Å²) in [6, 6.07) is 14.7. The summed E-state index contributed by atoms with van der Waals surface area (Å²) < 4.78 is 22.4. The number of hydrogen-bond acceptors (Lipinski definition) is 10. The van der Waals surface area contributed by atoms with Crippen molar-refractivity contribution in [1.29, 1.82) is 0 Å². The molecular formula is C26H29ClN6O7. The van der Waals surface area contributed by atoms with Crippen LogP contribution >= 0.6 is 11.6 Å². The van der Waals surface area contributed by atoms with Crippen molar-refractivity contribution in [3.8, 4) is 11.5 Å². The number of halogens is 1. The van der Waals surface area contributed by atoms with Gasteiger partial charge in [0.15, 0.2) is 5.15 Å². The van der Waals surface area contributed by atoms with Gasteiger partial charge in [-0.05, 0) is 49.2 Å². The largest absolute Gasteiger partial charge is 0.497 e. The number of methoxy groups -OCH3 is 2. The van der Waals surface area contributed by atoms with Crippen LogP contribution < -0.4 is 15.0 Å². The molecule has 14 heteroatoms. The number of nitrogens with zero attached hydrogens (tertiary/aromatic N) is 5. The van der Waals surface area contributed by atoms with Gasteiger partial charge in [0.05, 0.1) is 40.5 Å². The molecule has 0 amide bonds. The van der Waals surface area contributed by atoms with Gasteiger partial charge in [0.2, 0.25) is 11.4 Å². The lowest BCUT2D eigenvalue weighted by molar-refractivity contribution is 0.0509. The fourth-order valence-electron chi connectivity index (χ4n) is 3.32. The van der Waals surface area contributed by atoms with Gasteiger partial charge in [0, 0.05) is 0 Å². The Morgan fingerprint density at radius 3 is 1.82 bits per heavy atom. The van der Waals surface area contributed by atoms with Crippen LogP contribution in [0.3, 0.4) is 0 Å². The maximum absolute atomic E-state index is 12.0. The molecule has 13 nitrogen and oxygen atoms in total. The Labute approximate surface area is 234 Å². The molecule has 0 unspecified atom stereocenters. The van der Waals surface area contributed by atoms with E-state index in [2.05, 4.69) is 20.6 Å². The van der Waals surface area contributed by atoms with Crippen molar-refractivity contribution in [1.82, 2.24) is 30.0 Å². The molecule has 0 fully saturated rings. The van der Waals surface area contributed by atoms with Gasteiger partial charge in [-0.1, -0.05) is 41.1 Å². The van der Waals surface area contributed by atoms with Crippen molar-refractivity contribution >= 4 is 23.5 Å². The van der Waals surface area contributed by atoms with Crippen LogP contribution in [0.4, 0.5) is 0 Å². The fourth-order valence-corrected chi connectivity index (χ4v) is 3.52. The third kappa shape index (κ3) is 7.69. The smallest absolute Gasteiger partial charge is 0.364 e. The Hall–Kier alpha value is -4.65. The fraction of sp³-hybridized carbons (Fsp3) is 0.308. The van der Waals surface area contributed by atoms with E-state index in [1.165, 1.54) is 9.36 Å². The second-order valence-electron chi connectivity index (χ2n) is 7.98. The lowest BCUT2D eigenvalue weighted by Gasteiger charge is -2.04. The lowest BCUT2D eigenvalue weighted by atomic mass is 10.2. The SMILES string of the molecule is CCOC(=O)c1n[nH]n(Cc2ccc(OC)cc2)c1=O.CCOC(=O)c1nnn(Cc2ccc(OC)cc2)c1Cl. The first-order chi connectivity index (χ1) is 19.3. The highest BCUT2D eigenvalue weighted by Gasteiger charge is 2.19. The minimum absolute atomic E-state index is 0.0297. The number of benzene rings is 2. The van der Waals surface area contributed by atoms with Crippen LogP contribution in [0.1, 0.15) is 46.0 Å². The molecule has 1 N–H and O–H groups in total. The second kappa shape index (κ2) is 14.5. The maximum Gasteiger partial charge on any atom is 0.364 e. The number of ether oxygens (including phenoxy) is 4. The van der Waals surface area contributed by atoms with Crippen LogP contribution in [0.25, 0.3) is 0 Å². The molecule has 0 radical (unpaired) electrons. The highest BCUT2D eigenvalue weighted by molar-refractivity contribution is 6.32. The number of hydrogen-bond donors (Lipinski definition) is 1. The van der Waals surface area contributed by atoms with Gasteiger partial charge < -0.3 is 18.9 Å². The molecule has 212 valence electrons. The van der Waals surface area contributed by atoms with Crippen LogP contribution in [0.2, 0.25) is 5.15 Å². The molecule has 0 aliphatic heterocycles. The van der Waals surface area contributed by atoms with E-state index in [1.54, 1.807) is 40.2 Å². The zero-order valence-electron chi connectivity index (χ0n) is 22.4. The minimum Gasteiger partial charge on any atom is -0.497 e. The molecule has 0 aliphatic rings. The van der Waals surface area contributed by atoms with Gasteiger partial charge in [-0.25, -0.2) is 24.2 Å². The predicted molar refractivity (Wildman–Crippen MR) is 144 cm³/mol. The first-order valence-corrected chi connectivity index (χ1v) is 12.5. The summed E-state index contributed by atoms with van der Waals surface area (Å²) in [6.07, 6.45) is 0. The number of nitrogens with one attached hydrogen (secondary N) is 1. The van der Waals surface area contributed by atoms with Gasteiger partial charge >= 0.3 is 17.5 Å². The highest BCUT2D eigenvalue weighted by atomic mass is 35.5. The van der Waals surface area contributed by atoms with Crippen LogP contribution in [0.15, 0.2) is 53.3 Å². The quantitative estimate of drug-likeness (QED) is 0.281. The Kier molecular flexibility index (Phi) is 10.8. The predicted octanol–water partition coefficient (Wildman–Crippen LogP) is 2.97. The number of esters is 2. The van der Waals surface area contributed by atoms with Crippen LogP contribution in [-0.4, -0.2) is 69.4 Å². The highest BCUT2D eigenvalue weighted by Crippen LogP contribution is 2.17. The van der Waals surface area contributed by atoms with Gasteiger partial charge in [-0.3, -0.25) is 4.79 Å². The lowest BCUT2D eigenvalue weighted by Crippen LogP contribution is -2.23. The molecule has 0 aliphatic carbocycles. The monoisotopic (exact) mass is 572 g/mol. The molecule has 0 saturated heterocycles. The Morgan fingerprint density at radius 2 is 1.32 bits per heavy atom. The number of aromatic amines is 1. The third-order valence-electron chi connectivity index (χ3n) is 5.33. The average molecular weight is 573 g/mol. The minimum atomic E-state index is -0.720. The Balaban J connectivity index is 0.000000220. The summed E-state index contributed by atoms with van der Waals surface area (Å²) >= 11 is 6.08. The van der Waals surface area contributed by atoms with Crippen LogP contribution in [0.5, 0.6) is 11.5 Å². The van der Waals surface area contributed by atoms with E-state index < -0.39 is 17.5 Å². The van der Waals surface area contributed by atoms with Crippen molar-refractivity contribution in [3.63, 3.8) is 0 Å². The second-order valence-corrected chi connectivity index (χ2v) is 8.33. The van der Waals surface area contributed by atoms with Crippen molar-refractivity contribution < 1.29 is 28.5 Å². The molecule has 0 bridgehead atoms. The summed E-state index contributed by atoms with van der Waals surface area (Å²) in [5.74, 6) is 0.212. The van der Waals surface area contributed by atoms with Crippen LogP contribution in [0, 0.1) is 0 Å². The molecule has 0 atom stereocenters. The van der Waals surface area contributed by atoms with Gasteiger partial charge in [0.1, 0.15) is 11.5 Å². The van der Waals surface area contributed by atoms with Crippen molar-refractivity contribution in [2.45, 2.75) is 26.9 Å². The average Bonchev–Trinajstić information content (AvgIpc) is 3.51. The number of carbonyl (C=O) groups excluding carboxylic acids is 2. The number of carbonyl (C=O) groups is 2. The van der Waals surface area contributed by atoms with E-state index in [0.29, 0.717) is 6.54 Å². The summed E-state index contributed by atoms with van der Waals surface area (Å²) in [6.45, 7) is 4.54. The van der Waals surface area contributed by atoms with E-state index in [4.69, 9.17) is 30.5 Å². The first-order valence-electron chi connectivity index (χ1n) is 12.1. The molecular weight excluding hydrogens is 544 g/mol. The standard InChI is InChI=1S/C13H14ClN3O3.C13H15N3O4/c1-3-20-13(18)11-12(14)17(16-15-11)8-9-4-6-10(19-2)7-5-9;1-3-20-13(18)11-12(17)16(15-14-11)8-9-4-6-10(19-2)7-5-9/h4-7H,3,8H2,1-2H3;4-7,15H,3,8H2,1-2H3. The molecule has 2 aromatic carbocycles. The van der Waals surface area contributed by atoms with E-state index in [-0.39, 0.29) is 36.3 Å². The van der Waals surface area contributed by atoms with Crippen molar-refractivity contribution in [3.05, 3.63) is 86.6 Å². The summed E-state index contributed by atoms with van der Waals surface area (Å²) in [5.41, 5.74) is 1.14. The summed E-state index contributed by atoms with van der Waals surface area (Å²) in [5, 5.41) is 14.0. The Morgan fingerprint density at radius 1 is 0.825 bits per heavy atom.